The minimum Gasteiger partial charge on any atom is -0.439 e. The molecule has 0 fully saturated rings. The first-order valence-corrected chi connectivity index (χ1v) is 14.0. The number of benzene rings is 3. The van der Waals surface area contributed by atoms with Crippen LogP contribution in [-0.4, -0.2) is 28.3 Å². The molecule has 0 amide bonds. The van der Waals surface area contributed by atoms with E-state index in [0.717, 1.165) is 46.0 Å². The fourth-order valence-electron chi connectivity index (χ4n) is 5.82. The Labute approximate surface area is 240 Å². The number of ether oxygens (including phenoxy) is 1. The molecular formula is C35H33N5O. The second-order valence-corrected chi connectivity index (χ2v) is 11.8. The van der Waals surface area contributed by atoms with Crippen LogP contribution in [0.15, 0.2) is 97.2 Å². The number of aromatic nitrogens is 3. The van der Waals surface area contributed by atoms with Gasteiger partial charge in [0.05, 0.1) is 34.8 Å². The minimum atomic E-state index is 0.0178. The van der Waals surface area contributed by atoms with E-state index in [-0.39, 0.29) is 5.41 Å². The van der Waals surface area contributed by atoms with E-state index in [9.17, 15) is 0 Å². The molecule has 0 saturated carbocycles. The third-order valence-electron chi connectivity index (χ3n) is 7.87. The van der Waals surface area contributed by atoms with Gasteiger partial charge in [0.25, 0.3) is 0 Å². The van der Waals surface area contributed by atoms with Crippen LogP contribution in [0.2, 0.25) is 0 Å². The molecule has 0 radical (unpaired) electrons. The molecule has 1 aliphatic heterocycles. The van der Waals surface area contributed by atoms with Crippen LogP contribution in [0.4, 0.5) is 17.1 Å². The molecule has 6 nitrogen and oxygen atoms in total. The van der Waals surface area contributed by atoms with Crippen LogP contribution in [0.25, 0.3) is 27.6 Å². The molecule has 204 valence electrons. The van der Waals surface area contributed by atoms with E-state index in [1.165, 1.54) is 22.3 Å². The van der Waals surface area contributed by atoms with E-state index in [4.69, 9.17) is 14.7 Å². The quantitative estimate of drug-likeness (QED) is 0.225. The van der Waals surface area contributed by atoms with E-state index in [1.807, 2.05) is 25.3 Å². The van der Waals surface area contributed by atoms with Crippen LogP contribution in [0.1, 0.15) is 32.0 Å². The summed E-state index contributed by atoms with van der Waals surface area (Å²) in [5.41, 5.74) is 7.78. The maximum atomic E-state index is 6.46. The first kappa shape index (κ1) is 25.1. The Morgan fingerprint density at radius 1 is 0.780 bits per heavy atom. The summed E-state index contributed by atoms with van der Waals surface area (Å²) in [6.45, 7) is 9.47. The maximum Gasteiger partial charge on any atom is 0.221 e. The molecule has 3 aromatic heterocycles. The van der Waals surface area contributed by atoms with E-state index in [1.54, 1.807) is 0 Å². The fraction of sp³-hybridized carbons (Fsp3) is 0.200. The molecule has 0 saturated heterocycles. The van der Waals surface area contributed by atoms with Crippen molar-refractivity contribution in [2.45, 2.75) is 33.1 Å². The van der Waals surface area contributed by atoms with Gasteiger partial charge in [-0.1, -0.05) is 51.1 Å². The molecule has 4 heterocycles. The molecule has 0 spiro atoms. The van der Waals surface area contributed by atoms with Gasteiger partial charge in [0.1, 0.15) is 11.6 Å². The van der Waals surface area contributed by atoms with Crippen molar-refractivity contribution in [3.8, 4) is 17.4 Å². The van der Waals surface area contributed by atoms with Crippen LogP contribution in [0, 0.1) is 6.92 Å². The monoisotopic (exact) mass is 539 g/mol. The van der Waals surface area contributed by atoms with Crippen LogP contribution >= 0.6 is 0 Å². The molecule has 0 unspecified atom stereocenters. The first-order chi connectivity index (χ1) is 19.8. The number of para-hydroxylation sites is 3. The zero-order chi connectivity index (χ0) is 28.3. The summed E-state index contributed by atoms with van der Waals surface area (Å²) in [7, 11) is 2.12. The molecule has 6 aromatic rings. The Kier molecular flexibility index (Phi) is 5.75. The van der Waals surface area contributed by atoms with Gasteiger partial charge in [-0.3, -0.25) is 4.57 Å². The average Bonchev–Trinajstić information content (AvgIpc) is 3.47. The Hall–Kier alpha value is -4.84. The summed E-state index contributed by atoms with van der Waals surface area (Å²) in [4.78, 5) is 14.1. The lowest BCUT2D eigenvalue weighted by Gasteiger charge is -2.20. The molecule has 6 heteroatoms. The van der Waals surface area contributed by atoms with Gasteiger partial charge in [0.2, 0.25) is 5.88 Å². The van der Waals surface area contributed by atoms with Gasteiger partial charge >= 0.3 is 0 Å². The Balaban J connectivity index is 1.31. The number of aryl methyl sites for hydroxylation is 1. The van der Waals surface area contributed by atoms with Gasteiger partial charge in [-0.2, -0.15) is 0 Å². The van der Waals surface area contributed by atoms with Gasteiger partial charge in [0, 0.05) is 41.8 Å². The van der Waals surface area contributed by atoms with E-state index < -0.39 is 0 Å². The molecule has 1 aliphatic rings. The third kappa shape index (κ3) is 4.36. The maximum absolute atomic E-state index is 6.46. The summed E-state index contributed by atoms with van der Waals surface area (Å²) in [6, 6.07) is 31.7. The van der Waals surface area contributed by atoms with Crippen molar-refractivity contribution in [1.29, 1.82) is 0 Å². The molecule has 3 aromatic carbocycles. The van der Waals surface area contributed by atoms with E-state index in [2.05, 4.69) is 121 Å². The number of rotatable bonds is 4. The fourth-order valence-corrected chi connectivity index (χ4v) is 5.82. The summed E-state index contributed by atoms with van der Waals surface area (Å²) in [6.07, 6.45) is 1.91. The molecule has 0 atom stereocenters. The standard InChI is InChI=1S/C35H33N5O/c1-23-18-25(39-22-38(5)30-12-8-9-13-31(30)39)20-34(37-23)41-26-14-15-28-27-10-6-7-11-29(27)40(32(28)21-26)33-19-24(16-17-36-33)35(2,3)4/h6-21H,22H2,1-5H3. The Morgan fingerprint density at radius 2 is 1.54 bits per heavy atom. The van der Waals surface area contributed by atoms with E-state index >= 15 is 0 Å². The largest absolute Gasteiger partial charge is 0.439 e. The summed E-state index contributed by atoms with van der Waals surface area (Å²) in [5, 5.41) is 2.34. The lowest BCUT2D eigenvalue weighted by Crippen LogP contribution is -2.24. The third-order valence-corrected chi connectivity index (χ3v) is 7.87. The van der Waals surface area contributed by atoms with Crippen molar-refractivity contribution in [2.75, 3.05) is 23.5 Å². The van der Waals surface area contributed by atoms with Crippen LogP contribution in [0.5, 0.6) is 11.6 Å². The normalized spacial score (nSPS) is 13.3. The number of anilines is 3. The summed E-state index contributed by atoms with van der Waals surface area (Å²) in [5.74, 6) is 2.20. The van der Waals surface area contributed by atoms with Gasteiger partial charge < -0.3 is 14.5 Å². The second-order valence-electron chi connectivity index (χ2n) is 11.8. The van der Waals surface area contributed by atoms with Crippen LogP contribution in [0.3, 0.4) is 0 Å². The predicted molar refractivity (Wildman–Crippen MR) is 168 cm³/mol. The SMILES string of the molecule is Cc1cc(N2CN(C)c3ccccc32)cc(Oc2ccc3c4ccccc4n(-c4cc(C(C)(C)C)ccn4)c3c2)n1. The zero-order valence-electron chi connectivity index (χ0n) is 24.1. The zero-order valence-corrected chi connectivity index (χ0v) is 24.1. The lowest BCUT2D eigenvalue weighted by atomic mass is 9.88. The highest BCUT2D eigenvalue weighted by Crippen LogP contribution is 2.41. The Bertz CT molecular complexity index is 1930. The van der Waals surface area contributed by atoms with Gasteiger partial charge in [-0.25, -0.2) is 9.97 Å². The van der Waals surface area contributed by atoms with Crippen molar-refractivity contribution in [2.24, 2.45) is 0 Å². The smallest absolute Gasteiger partial charge is 0.221 e. The summed E-state index contributed by atoms with van der Waals surface area (Å²) >= 11 is 0. The number of nitrogens with zero attached hydrogens (tertiary/aromatic N) is 5. The highest BCUT2D eigenvalue weighted by Gasteiger charge is 2.25. The molecule has 7 rings (SSSR count). The highest BCUT2D eigenvalue weighted by atomic mass is 16.5. The number of hydrogen-bond acceptors (Lipinski definition) is 5. The molecule has 0 aliphatic carbocycles. The second kappa shape index (κ2) is 9.37. The van der Waals surface area contributed by atoms with Crippen molar-refractivity contribution in [3.63, 3.8) is 0 Å². The topological polar surface area (TPSA) is 46.4 Å². The van der Waals surface area contributed by atoms with Gasteiger partial charge in [-0.05, 0) is 66.4 Å². The number of fused-ring (bicyclic) bond motifs is 4. The van der Waals surface area contributed by atoms with Crippen molar-refractivity contribution in [3.05, 3.63) is 108 Å². The average molecular weight is 540 g/mol. The number of pyridine rings is 2. The summed E-state index contributed by atoms with van der Waals surface area (Å²) < 4.78 is 8.70. The van der Waals surface area contributed by atoms with E-state index in [0.29, 0.717) is 5.88 Å². The van der Waals surface area contributed by atoms with Gasteiger partial charge in [0.15, 0.2) is 0 Å². The molecule has 41 heavy (non-hydrogen) atoms. The van der Waals surface area contributed by atoms with Crippen molar-refractivity contribution < 1.29 is 4.74 Å². The predicted octanol–water partition coefficient (Wildman–Crippen LogP) is 8.52. The van der Waals surface area contributed by atoms with Gasteiger partial charge in [-0.15, -0.1) is 0 Å². The molecule has 0 bridgehead atoms. The highest BCUT2D eigenvalue weighted by molar-refractivity contribution is 6.09. The van der Waals surface area contributed by atoms with Crippen molar-refractivity contribution >= 4 is 38.9 Å². The first-order valence-electron chi connectivity index (χ1n) is 14.0. The molecular weight excluding hydrogens is 506 g/mol. The lowest BCUT2D eigenvalue weighted by molar-refractivity contribution is 0.462. The van der Waals surface area contributed by atoms with Crippen LogP contribution in [-0.2, 0) is 5.41 Å². The van der Waals surface area contributed by atoms with Crippen molar-refractivity contribution in [1.82, 2.24) is 14.5 Å². The minimum absolute atomic E-state index is 0.0178. The van der Waals surface area contributed by atoms with Crippen LogP contribution < -0.4 is 14.5 Å². The Morgan fingerprint density at radius 3 is 2.37 bits per heavy atom. The number of hydrogen-bond donors (Lipinski definition) is 0. The molecule has 0 N–H and O–H groups in total.